The van der Waals surface area contributed by atoms with Crippen molar-refractivity contribution in [2.24, 2.45) is 5.92 Å². The molecule has 5 nitrogen and oxygen atoms in total. The van der Waals surface area contributed by atoms with Gasteiger partial charge >= 0.3 is 0 Å². The zero-order valence-electron chi connectivity index (χ0n) is 11.3. The van der Waals surface area contributed by atoms with Gasteiger partial charge in [-0.15, -0.1) is 5.10 Å². The Balaban J connectivity index is 2.08. The number of nitrogens with one attached hydrogen (secondary N) is 1. The van der Waals surface area contributed by atoms with E-state index in [1.165, 1.54) is 0 Å². The number of aromatic amines is 1. The molecule has 0 unspecified atom stereocenters. The van der Waals surface area contributed by atoms with E-state index in [0.29, 0.717) is 16.7 Å². The van der Waals surface area contributed by atoms with Crippen LogP contribution >= 0.6 is 12.2 Å². The van der Waals surface area contributed by atoms with Crippen LogP contribution in [0.2, 0.25) is 0 Å². The summed E-state index contributed by atoms with van der Waals surface area (Å²) in [5, 5.41) is 7.23. The van der Waals surface area contributed by atoms with E-state index in [0.717, 1.165) is 38.5 Å². The maximum Gasteiger partial charge on any atom is 0.225 e. The van der Waals surface area contributed by atoms with Gasteiger partial charge in [-0.25, -0.2) is 5.10 Å². The van der Waals surface area contributed by atoms with E-state index >= 15 is 0 Å². The molecule has 0 aliphatic carbocycles. The summed E-state index contributed by atoms with van der Waals surface area (Å²) in [6.07, 6.45) is 2.27. The number of rotatable bonds is 4. The number of aromatic nitrogens is 3. The highest BCUT2D eigenvalue weighted by Gasteiger charge is 2.19. The topological polar surface area (TPSA) is 46.1 Å². The van der Waals surface area contributed by atoms with Crippen LogP contribution in [0.25, 0.3) is 0 Å². The maximum atomic E-state index is 5.39. The lowest BCUT2D eigenvalue weighted by Crippen LogP contribution is -2.31. The van der Waals surface area contributed by atoms with E-state index in [1.807, 2.05) is 0 Å². The van der Waals surface area contributed by atoms with Gasteiger partial charge in [0.15, 0.2) is 4.77 Å². The van der Waals surface area contributed by atoms with Crippen molar-refractivity contribution in [1.29, 1.82) is 0 Å². The van der Waals surface area contributed by atoms with E-state index in [2.05, 4.69) is 40.6 Å². The van der Waals surface area contributed by atoms with E-state index in [4.69, 9.17) is 17.0 Å². The Kier molecular flexibility index (Phi) is 4.40. The molecule has 0 amide bonds. The first-order valence-corrected chi connectivity index (χ1v) is 6.96. The van der Waals surface area contributed by atoms with Gasteiger partial charge in [0.2, 0.25) is 5.95 Å². The molecule has 0 saturated carbocycles. The lowest BCUT2D eigenvalue weighted by atomic mass is 10.00. The number of ether oxygens (including phenoxy) is 1. The van der Waals surface area contributed by atoms with Crippen molar-refractivity contribution < 1.29 is 4.74 Å². The van der Waals surface area contributed by atoms with Gasteiger partial charge in [-0.1, -0.05) is 0 Å². The number of anilines is 1. The third kappa shape index (κ3) is 2.92. The lowest BCUT2D eigenvalue weighted by molar-refractivity contribution is 0.0684. The molecular formula is C12H22N4OS. The maximum absolute atomic E-state index is 5.39. The van der Waals surface area contributed by atoms with Gasteiger partial charge < -0.3 is 9.64 Å². The van der Waals surface area contributed by atoms with Crippen LogP contribution in [0.15, 0.2) is 0 Å². The Morgan fingerprint density at radius 3 is 2.78 bits per heavy atom. The molecule has 1 aliphatic heterocycles. The predicted molar refractivity (Wildman–Crippen MR) is 74.6 cm³/mol. The van der Waals surface area contributed by atoms with Gasteiger partial charge in [-0.3, -0.25) is 4.57 Å². The van der Waals surface area contributed by atoms with Gasteiger partial charge in [-0.05, 0) is 44.8 Å². The Hall–Kier alpha value is -0.880. The van der Waals surface area contributed by atoms with Crippen LogP contribution < -0.4 is 4.90 Å². The minimum absolute atomic E-state index is 0.323. The first-order chi connectivity index (χ1) is 8.59. The number of H-pyrrole nitrogens is 1. The fourth-order valence-electron chi connectivity index (χ4n) is 2.43. The average Bonchev–Trinajstić information content (AvgIpc) is 2.72. The molecule has 2 heterocycles. The largest absolute Gasteiger partial charge is 0.381 e. The van der Waals surface area contributed by atoms with Crippen molar-refractivity contribution in [1.82, 2.24) is 14.8 Å². The molecule has 1 N–H and O–H groups in total. The summed E-state index contributed by atoms with van der Waals surface area (Å²) < 4.78 is 8.15. The fourth-order valence-corrected chi connectivity index (χ4v) is 2.77. The first kappa shape index (κ1) is 13.5. The van der Waals surface area contributed by atoms with Crippen molar-refractivity contribution in [3.63, 3.8) is 0 Å². The van der Waals surface area contributed by atoms with Crippen LogP contribution in [0, 0.1) is 10.7 Å². The van der Waals surface area contributed by atoms with E-state index in [-0.39, 0.29) is 0 Å². The summed E-state index contributed by atoms with van der Waals surface area (Å²) in [5.74, 6) is 1.62. The second-order valence-electron chi connectivity index (χ2n) is 5.23. The fraction of sp³-hybridized carbons (Fsp3) is 0.833. The van der Waals surface area contributed by atoms with Crippen molar-refractivity contribution in [3.8, 4) is 0 Å². The number of hydrogen-bond acceptors (Lipinski definition) is 4. The second-order valence-corrected chi connectivity index (χ2v) is 5.62. The quantitative estimate of drug-likeness (QED) is 0.853. The molecule has 1 saturated heterocycles. The molecule has 1 aliphatic rings. The third-order valence-corrected chi connectivity index (χ3v) is 3.70. The highest BCUT2D eigenvalue weighted by molar-refractivity contribution is 7.71. The van der Waals surface area contributed by atoms with E-state index < -0.39 is 0 Å². The van der Waals surface area contributed by atoms with E-state index in [1.54, 1.807) is 0 Å². The van der Waals surface area contributed by atoms with Crippen LogP contribution in [0.4, 0.5) is 5.95 Å². The molecule has 0 radical (unpaired) electrons. The molecule has 18 heavy (non-hydrogen) atoms. The molecule has 1 aromatic rings. The minimum Gasteiger partial charge on any atom is -0.381 e. The summed E-state index contributed by atoms with van der Waals surface area (Å²) in [4.78, 5) is 2.20. The second kappa shape index (κ2) is 5.84. The summed E-state index contributed by atoms with van der Waals surface area (Å²) in [6, 6.07) is 0.323. The zero-order valence-corrected chi connectivity index (χ0v) is 12.2. The van der Waals surface area contributed by atoms with Gasteiger partial charge in [0.05, 0.1) is 0 Å². The van der Waals surface area contributed by atoms with Gasteiger partial charge in [0, 0.05) is 32.8 Å². The molecule has 1 fully saturated rings. The zero-order chi connectivity index (χ0) is 13.1. The molecule has 2 rings (SSSR count). The molecule has 1 aromatic heterocycles. The summed E-state index contributed by atoms with van der Waals surface area (Å²) in [7, 11) is 2.08. The summed E-state index contributed by atoms with van der Waals surface area (Å²) in [5.41, 5.74) is 0. The van der Waals surface area contributed by atoms with Gasteiger partial charge in [-0.2, -0.15) is 0 Å². The highest BCUT2D eigenvalue weighted by Crippen LogP contribution is 2.21. The molecular weight excluding hydrogens is 248 g/mol. The van der Waals surface area contributed by atoms with Gasteiger partial charge in [0.1, 0.15) is 0 Å². The number of nitrogens with zero attached hydrogens (tertiary/aromatic N) is 3. The monoisotopic (exact) mass is 270 g/mol. The van der Waals surface area contributed by atoms with Crippen molar-refractivity contribution >= 4 is 18.2 Å². The Morgan fingerprint density at radius 2 is 2.17 bits per heavy atom. The lowest BCUT2D eigenvalue weighted by Gasteiger charge is -2.28. The smallest absolute Gasteiger partial charge is 0.225 e. The Bertz CT molecular complexity index is 434. The SMILES string of the molecule is CC(C)n1c(N(C)CC2CCOCC2)n[nH]c1=S. The van der Waals surface area contributed by atoms with Crippen LogP contribution in [-0.4, -0.2) is 41.6 Å². The third-order valence-electron chi connectivity index (χ3n) is 3.42. The minimum atomic E-state index is 0.323. The standard InChI is InChI=1S/C12H22N4OS/c1-9(2)16-11(13-14-12(16)18)15(3)8-10-4-6-17-7-5-10/h9-10H,4-8H2,1-3H3,(H,14,18). The average molecular weight is 270 g/mol. The van der Waals surface area contributed by atoms with Gasteiger partial charge in [0.25, 0.3) is 0 Å². The predicted octanol–water partition coefficient (Wildman–Crippen LogP) is 2.38. The molecule has 0 atom stereocenters. The Labute approximate surface area is 113 Å². The normalized spacial score (nSPS) is 17.3. The van der Waals surface area contributed by atoms with Crippen LogP contribution in [-0.2, 0) is 4.74 Å². The van der Waals surface area contributed by atoms with Crippen molar-refractivity contribution in [3.05, 3.63) is 4.77 Å². The van der Waals surface area contributed by atoms with Crippen molar-refractivity contribution in [2.75, 3.05) is 31.7 Å². The summed E-state index contributed by atoms with van der Waals surface area (Å²) in [6.45, 7) is 7.02. The molecule has 0 bridgehead atoms. The molecule has 102 valence electrons. The molecule has 0 aromatic carbocycles. The Morgan fingerprint density at radius 1 is 1.50 bits per heavy atom. The van der Waals surface area contributed by atoms with E-state index in [9.17, 15) is 0 Å². The van der Waals surface area contributed by atoms with Crippen LogP contribution in [0.1, 0.15) is 32.7 Å². The highest BCUT2D eigenvalue weighted by atomic mass is 32.1. The first-order valence-electron chi connectivity index (χ1n) is 6.55. The van der Waals surface area contributed by atoms with Crippen LogP contribution in [0.5, 0.6) is 0 Å². The number of hydrogen-bond donors (Lipinski definition) is 1. The van der Waals surface area contributed by atoms with Crippen molar-refractivity contribution in [2.45, 2.75) is 32.7 Å². The van der Waals surface area contributed by atoms with Crippen LogP contribution in [0.3, 0.4) is 0 Å². The summed E-state index contributed by atoms with van der Waals surface area (Å²) >= 11 is 5.27. The molecule has 0 spiro atoms. The molecule has 6 heteroatoms.